The Morgan fingerprint density at radius 2 is 2.16 bits per heavy atom. The lowest BCUT2D eigenvalue weighted by Gasteiger charge is -2.05. The molecule has 0 saturated carbocycles. The molecule has 0 bridgehead atoms. The van der Waals surface area contributed by atoms with Crippen LogP contribution in [0.4, 0.5) is 5.69 Å². The molecule has 0 fully saturated rings. The Morgan fingerprint density at radius 3 is 2.89 bits per heavy atom. The number of nitrogens with one attached hydrogen (secondary N) is 1. The Labute approximate surface area is 111 Å². The molecule has 3 rings (SSSR count). The van der Waals surface area contributed by atoms with E-state index in [0.717, 1.165) is 29.6 Å². The maximum Gasteiger partial charge on any atom is 0.327 e. The summed E-state index contributed by atoms with van der Waals surface area (Å²) in [7, 11) is 0. The number of benzene rings is 1. The summed E-state index contributed by atoms with van der Waals surface area (Å²) in [6.45, 7) is 4.92. The molecular formula is C14H16N4O. The number of nitrogens with zero attached hydrogens (tertiary/aromatic N) is 3. The standard InChI is InChI=1S/C14H16N4O/c1-3-7-15-12-4-5-13-11(9-12)6-8-18(13)14-17-16-10(2)19-14/h4-6,8-9,15H,3,7H2,1-2H3. The van der Waals surface area contributed by atoms with Gasteiger partial charge in [-0.15, -0.1) is 5.10 Å². The van der Waals surface area contributed by atoms with Gasteiger partial charge in [0.15, 0.2) is 0 Å². The van der Waals surface area contributed by atoms with Crippen molar-refractivity contribution in [3.05, 3.63) is 36.4 Å². The van der Waals surface area contributed by atoms with Crippen LogP contribution in [0.5, 0.6) is 0 Å². The van der Waals surface area contributed by atoms with Gasteiger partial charge in [0, 0.05) is 30.7 Å². The molecule has 2 heterocycles. The van der Waals surface area contributed by atoms with Crippen LogP contribution in [-0.4, -0.2) is 21.3 Å². The smallest absolute Gasteiger partial charge is 0.327 e. The van der Waals surface area contributed by atoms with Crippen molar-refractivity contribution in [2.75, 3.05) is 11.9 Å². The van der Waals surface area contributed by atoms with Crippen molar-refractivity contribution in [2.45, 2.75) is 20.3 Å². The van der Waals surface area contributed by atoms with E-state index >= 15 is 0 Å². The van der Waals surface area contributed by atoms with Crippen molar-refractivity contribution < 1.29 is 4.42 Å². The average Bonchev–Trinajstić information content (AvgIpc) is 3.01. The highest BCUT2D eigenvalue weighted by Gasteiger charge is 2.09. The molecule has 1 N–H and O–H groups in total. The van der Waals surface area contributed by atoms with Crippen LogP contribution in [0.2, 0.25) is 0 Å². The molecule has 0 aliphatic carbocycles. The molecule has 98 valence electrons. The van der Waals surface area contributed by atoms with Crippen LogP contribution in [0.25, 0.3) is 16.9 Å². The SMILES string of the molecule is CCCNc1ccc2c(ccn2-c2nnc(C)o2)c1. The molecule has 0 saturated heterocycles. The second kappa shape index (κ2) is 4.76. The molecular weight excluding hydrogens is 240 g/mol. The summed E-state index contributed by atoms with van der Waals surface area (Å²) in [5.74, 6) is 0.568. The Balaban J connectivity index is 2.00. The van der Waals surface area contributed by atoms with Crippen molar-refractivity contribution in [3.63, 3.8) is 0 Å². The van der Waals surface area contributed by atoms with Crippen molar-refractivity contribution in [2.24, 2.45) is 0 Å². The fraction of sp³-hybridized carbons (Fsp3) is 0.286. The van der Waals surface area contributed by atoms with Crippen molar-refractivity contribution in [1.82, 2.24) is 14.8 Å². The second-order valence-electron chi connectivity index (χ2n) is 4.49. The Bertz CT molecular complexity index is 698. The first-order valence-electron chi connectivity index (χ1n) is 6.43. The van der Waals surface area contributed by atoms with E-state index in [0.29, 0.717) is 11.9 Å². The fourth-order valence-electron chi connectivity index (χ4n) is 2.07. The van der Waals surface area contributed by atoms with E-state index in [2.05, 4.69) is 40.6 Å². The van der Waals surface area contributed by atoms with Gasteiger partial charge in [-0.3, -0.25) is 4.57 Å². The molecule has 3 aromatic rings. The molecule has 0 spiro atoms. The summed E-state index contributed by atoms with van der Waals surface area (Å²) in [5.41, 5.74) is 2.19. The van der Waals surface area contributed by atoms with Gasteiger partial charge in [0.25, 0.3) is 0 Å². The first-order valence-corrected chi connectivity index (χ1v) is 6.43. The van der Waals surface area contributed by atoms with Gasteiger partial charge in [-0.05, 0) is 30.7 Å². The largest absolute Gasteiger partial charge is 0.408 e. The van der Waals surface area contributed by atoms with E-state index in [9.17, 15) is 0 Å². The lowest BCUT2D eigenvalue weighted by atomic mass is 10.2. The highest BCUT2D eigenvalue weighted by atomic mass is 16.4. The third kappa shape index (κ3) is 2.19. The predicted octanol–water partition coefficient (Wildman–Crippen LogP) is 3.14. The molecule has 1 aromatic carbocycles. The van der Waals surface area contributed by atoms with Crippen LogP contribution in [0, 0.1) is 6.92 Å². The minimum atomic E-state index is 0.502. The van der Waals surface area contributed by atoms with E-state index in [1.165, 1.54) is 0 Å². The van der Waals surface area contributed by atoms with Gasteiger partial charge < -0.3 is 9.73 Å². The van der Waals surface area contributed by atoms with Gasteiger partial charge in [0.2, 0.25) is 5.89 Å². The third-order valence-electron chi connectivity index (χ3n) is 2.99. The number of aryl methyl sites for hydroxylation is 1. The van der Waals surface area contributed by atoms with Gasteiger partial charge in [0.05, 0.1) is 5.52 Å². The summed E-state index contributed by atoms with van der Waals surface area (Å²) in [6, 6.07) is 8.81. The van der Waals surface area contributed by atoms with Gasteiger partial charge in [-0.25, -0.2) is 0 Å². The van der Waals surface area contributed by atoms with E-state index in [1.807, 2.05) is 16.8 Å². The van der Waals surface area contributed by atoms with E-state index in [4.69, 9.17) is 4.42 Å². The molecule has 0 aliphatic heterocycles. The average molecular weight is 256 g/mol. The van der Waals surface area contributed by atoms with Crippen LogP contribution in [0.1, 0.15) is 19.2 Å². The Hall–Kier alpha value is -2.30. The molecule has 19 heavy (non-hydrogen) atoms. The number of aromatic nitrogens is 3. The van der Waals surface area contributed by atoms with Crippen LogP contribution < -0.4 is 5.32 Å². The summed E-state index contributed by atoms with van der Waals surface area (Å²) in [5, 5.41) is 12.4. The molecule has 0 amide bonds. The second-order valence-corrected chi connectivity index (χ2v) is 4.49. The number of hydrogen-bond donors (Lipinski definition) is 1. The summed E-state index contributed by atoms with van der Waals surface area (Å²) in [4.78, 5) is 0. The van der Waals surface area contributed by atoms with Crippen molar-refractivity contribution >= 4 is 16.6 Å². The quantitative estimate of drug-likeness (QED) is 0.779. The number of anilines is 1. The van der Waals surface area contributed by atoms with Crippen LogP contribution in [-0.2, 0) is 0 Å². The topological polar surface area (TPSA) is 55.9 Å². The van der Waals surface area contributed by atoms with E-state index < -0.39 is 0 Å². The zero-order valence-electron chi connectivity index (χ0n) is 11.1. The van der Waals surface area contributed by atoms with Crippen molar-refractivity contribution in [1.29, 1.82) is 0 Å². The molecule has 0 atom stereocenters. The first kappa shape index (κ1) is 11.8. The maximum absolute atomic E-state index is 5.46. The molecule has 0 aliphatic rings. The Kier molecular flexibility index (Phi) is 2.95. The zero-order chi connectivity index (χ0) is 13.2. The lowest BCUT2D eigenvalue weighted by Crippen LogP contribution is -1.99. The van der Waals surface area contributed by atoms with Gasteiger partial charge in [0.1, 0.15) is 0 Å². The van der Waals surface area contributed by atoms with E-state index in [1.54, 1.807) is 6.92 Å². The molecule has 0 radical (unpaired) electrons. The summed E-state index contributed by atoms with van der Waals surface area (Å²) in [6.07, 6.45) is 3.06. The van der Waals surface area contributed by atoms with Gasteiger partial charge >= 0.3 is 6.01 Å². The Morgan fingerprint density at radius 1 is 1.26 bits per heavy atom. The first-order chi connectivity index (χ1) is 9.28. The number of fused-ring (bicyclic) bond motifs is 1. The van der Waals surface area contributed by atoms with Crippen LogP contribution in [0.3, 0.4) is 0 Å². The fourth-order valence-corrected chi connectivity index (χ4v) is 2.07. The highest BCUT2D eigenvalue weighted by molar-refractivity contribution is 5.84. The normalized spacial score (nSPS) is 11.1. The van der Waals surface area contributed by atoms with Crippen molar-refractivity contribution in [3.8, 4) is 6.01 Å². The molecule has 0 unspecified atom stereocenters. The zero-order valence-corrected chi connectivity index (χ0v) is 11.1. The lowest BCUT2D eigenvalue weighted by molar-refractivity contribution is 0.499. The molecule has 5 heteroatoms. The predicted molar refractivity (Wildman–Crippen MR) is 74.6 cm³/mol. The maximum atomic E-state index is 5.46. The van der Waals surface area contributed by atoms with Gasteiger partial charge in [-0.1, -0.05) is 12.0 Å². The summed E-state index contributed by atoms with van der Waals surface area (Å²) < 4.78 is 7.36. The number of rotatable bonds is 4. The minimum Gasteiger partial charge on any atom is -0.408 e. The highest BCUT2D eigenvalue weighted by Crippen LogP contribution is 2.23. The number of hydrogen-bond acceptors (Lipinski definition) is 4. The third-order valence-corrected chi connectivity index (χ3v) is 2.99. The van der Waals surface area contributed by atoms with Crippen LogP contribution in [0.15, 0.2) is 34.9 Å². The monoisotopic (exact) mass is 256 g/mol. The van der Waals surface area contributed by atoms with E-state index in [-0.39, 0.29) is 0 Å². The summed E-state index contributed by atoms with van der Waals surface area (Å²) >= 11 is 0. The minimum absolute atomic E-state index is 0.502. The van der Waals surface area contributed by atoms with Gasteiger partial charge in [-0.2, -0.15) is 0 Å². The van der Waals surface area contributed by atoms with Crippen LogP contribution >= 0.6 is 0 Å². The molecule has 5 nitrogen and oxygen atoms in total. The molecule has 2 aromatic heterocycles.